The summed E-state index contributed by atoms with van der Waals surface area (Å²) in [6.07, 6.45) is 1.60. The molecule has 2 aromatic carbocycles. The lowest BCUT2D eigenvalue weighted by molar-refractivity contribution is 0.102. The Morgan fingerprint density at radius 2 is 1.70 bits per heavy atom. The van der Waals surface area contributed by atoms with Gasteiger partial charge in [0.1, 0.15) is 11.6 Å². The maximum absolute atomic E-state index is 12.6. The number of pyridine rings is 1. The van der Waals surface area contributed by atoms with Crippen molar-refractivity contribution in [3.05, 3.63) is 78.5 Å². The van der Waals surface area contributed by atoms with Gasteiger partial charge in [0.2, 0.25) is 0 Å². The van der Waals surface area contributed by atoms with Crippen LogP contribution in [0.15, 0.2) is 72.9 Å². The van der Waals surface area contributed by atoms with Crippen LogP contribution in [0.5, 0.6) is 5.75 Å². The first kappa shape index (κ1) is 18.5. The van der Waals surface area contributed by atoms with Gasteiger partial charge in [-0.1, -0.05) is 30.3 Å². The molecule has 3 rings (SSSR count). The van der Waals surface area contributed by atoms with Crippen molar-refractivity contribution in [1.29, 1.82) is 0 Å². The molecule has 0 saturated heterocycles. The molecule has 1 N–H and O–H groups in total. The first-order valence-corrected chi connectivity index (χ1v) is 8.86. The van der Waals surface area contributed by atoms with E-state index in [1.165, 1.54) is 0 Å². The number of para-hydroxylation sites is 3. The lowest BCUT2D eigenvalue weighted by Gasteiger charge is -2.18. The van der Waals surface area contributed by atoms with E-state index < -0.39 is 0 Å². The zero-order valence-corrected chi connectivity index (χ0v) is 15.7. The third-order valence-electron chi connectivity index (χ3n) is 4.00. The summed E-state index contributed by atoms with van der Waals surface area (Å²) in [4.78, 5) is 19.0. The predicted octanol–water partition coefficient (Wildman–Crippen LogP) is 4.89. The normalized spacial score (nSPS) is 10.5. The molecule has 0 spiro atoms. The highest BCUT2D eigenvalue weighted by Gasteiger charge is 2.12. The Hall–Kier alpha value is -3.34. The molecular weight excluding hydrogens is 338 g/mol. The Kier molecular flexibility index (Phi) is 5.71. The van der Waals surface area contributed by atoms with E-state index in [4.69, 9.17) is 4.74 Å². The van der Waals surface area contributed by atoms with Crippen molar-refractivity contribution in [2.45, 2.75) is 20.0 Å². The van der Waals surface area contributed by atoms with Gasteiger partial charge in [0.05, 0.1) is 17.4 Å². The Morgan fingerprint density at radius 3 is 2.37 bits per heavy atom. The molecule has 0 fully saturated rings. The van der Waals surface area contributed by atoms with Crippen LogP contribution in [-0.4, -0.2) is 24.0 Å². The van der Waals surface area contributed by atoms with Gasteiger partial charge < -0.3 is 15.0 Å². The van der Waals surface area contributed by atoms with Crippen LogP contribution >= 0.6 is 0 Å². The quantitative estimate of drug-likeness (QED) is 0.679. The fourth-order valence-corrected chi connectivity index (χ4v) is 2.62. The number of aromatic nitrogens is 1. The maximum Gasteiger partial charge on any atom is 0.257 e. The molecule has 138 valence electrons. The summed E-state index contributed by atoms with van der Waals surface area (Å²) < 4.78 is 5.74. The van der Waals surface area contributed by atoms with Crippen molar-refractivity contribution in [2.75, 3.05) is 17.3 Å². The molecule has 3 aromatic rings. The van der Waals surface area contributed by atoms with Crippen molar-refractivity contribution >= 4 is 23.1 Å². The van der Waals surface area contributed by atoms with Gasteiger partial charge in [0, 0.05) is 18.9 Å². The highest BCUT2D eigenvalue weighted by Crippen LogP contribution is 2.26. The molecule has 5 nitrogen and oxygen atoms in total. The topological polar surface area (TPSA) is 54.5 Å². The number of ether oxygens (including phenoxy) is 1. The molecule has 5 heteroatoms. The molecule has 0 atom stereocenters. The van der Waals surface area contributed by atoms with Gasteiger partial charge >= 0.3 is 0 Å². The molecule has 1 amide bonds. The van der Waals surface area contributed by atoms with Gasteiger partial charge in [-0.3, -0.25) is 4.79 Å². The van der Waals surface area contributed by atoms with Gasteiger partial charge in [-0.15, -0.1) is 0 Å². The Bertz CT molecular complexity index is 893. The highest BCUT2D eigenvalue weighted by atomic mass is 16.5. The monoisotopic (exact) mass is 361 g/mol. The van der Waals surface area contributed by atoms with Crippen LogP contribution in [0, 0.1) is 0 Å². The van der Waals surface area contributed by atoms with Crippen LogP contribution in [-0.2, 0) is 0 Å². The minimum absolute atomic E-state index is 0.0255. The van der Waals surface area contributed by atoms with Gasteiger partial charge in [0.15, 0.2) is 0 Å². The molecule has 0 unspecified atom stereocenters. The van der Waals surface area contributed by atoms with E-state index >= 15 is 0 Å². The van der Waals surface area contributed by atoms with Crippen molar-refractivity contribution < 1.29 is 9.53 Å². The second kappa shape index (κ2) is 8.36. The minimum atomic E-state index is -0.226. The lowest BCUT2D eigenvalue weighted by atomic mass is 10.2. The molecule has 0 aliphatic heterocycles. The standard InChI is InChI=1S/C22H23N3O2/c1-16(2)27-20-12-8-7-11-19(20)24-22(26)17-13-14-21(23-15-17)25(3)18-9-5-4-6-10-18/h4-16H,1-3H3,(H,24,26). The van der Waals surface area contributed by atoms with E-state index in [1.807, 2.05) is 86.5 Å². The van der Waals surface area contributed by atoms with Crippen LogP contribution in [0.4, 0.5) is 17.2 Å². The zero-order valence-electron chi connectivity index (χ0n) is 15.7. The van der Waals surface area contributed by atoms with Gasteiger partial charge in [-0.25, -0.2) is 4.98 Å². The third kappa shape index (κ3) is 4.64. The molecule has 1 heterocycles. The van der Waals surface area contributed by atoms with Crippen molar-refractivity contribution in [1.82, 2.24) is 4.98 Å². The first-order valence-electron chi connectivity index (χ1n) is 8.86. The second-order valence-corrected chi connectivity index (χ2v) is 6.42. The number of carbonyl (C=O) groups excluding carboxylic acids is 1. The summed E-state index contributed by atoms with van der Waals surface area (Å²) in [6.45, 7) is 3.90. The highest BCUT2D eigenvalue weighted by molar-refractivity contribution is 6.04. The molecule has 1 aromatic heterocycles. The van der Waals surface area contributed by atoms with E-state index in [9.17, 15) is 4.79 Å². The van der Waals surface area contributed by atoms with Gasteiger partial charge in [-0.2, -0.15) is 0 Å². The fourth-order valence-electron chi connectivity index (χ4n) is 2.62. The van der Waals surface area contributed by atoms with Crippen molar-refractivity contribution in [3.8, 4) is 5.75 Å². The van der Waals surface area contributed by atoms with Crippen LogP contribution in [0.1, 0.15) is 24.2 Å². The van der Waals surface area contributed by atoms with E-state index in [0.717, 1.165) is 11.5 Å². The summed E-state index contributed by atoms with van der Waals surface area (Å²) in [6, 6.07) is 20.9. The van der Waals surface area contributed by atoms with Crippen LogP contribution in [0.3, 0.4) is 0 Å². The fraction of sp³-hybridized carbons (Fsp3) is 0.182. The summed E-state index contributed by atoms with van der Waals surface area (Å²) in [7, 11) is 1.94. The van der Waals surface area contributed by atoms with E-state index in [2.05, 4.69) is 10.3 Å². The zero-order chi connectivity index (χ0) is 19.2. The largest absolute Gasteiger partial charge is 0.489 e. The number of hydrogen-bond acceptors (Lipinski definition) is 4. The SMILES string of the molecule is CC(C)Oc1ccccc1NC(=O)c1ccc(N(C)c2ccccc2)nc1. The molecule has 0 aliphatic rings. The number of carbonyl (C=O) groups is 1. The maximum atomic E-state index is 12.6. The average Bonchev–Trinajstić information content (AvgIpc) is 2.69. The minimum Gasteiger partial charge on any atom is -0.489 e. The number of nitrogens with zero attached hydrogens (tertiary/aromatic N) is 2. The van der Waals surface area contributed by atoms with Crippen LogP contribution in [0.25, 0.3) is 0 Å². The Morgan fingerprint density at radius 1 is 1.00 bits per heavy atom. The number of benzene rings is 2. The summed E-state index contributed by atoms with van der Waals surface area (Å²) in [5, 5.41) is 2.90. The van der Waals surface area contributed by atoms with E-state index in [1.54, 1.807) is 12.3 Å². The molecular formula is C22H23N3O2. The Labute approximate surface area is 159 Å². The number of nitrogens with one attached hydrogen (secondary N) is 1. The molecule has 0 aliphatic carbocycles. The number of anilines is 3. The summed E-state index contributed by atoms with van der Waals surface area (Å²) >= 11 is 0. The first-order chi connectivity index (χ1) is 13.0. The predicted molar refractivity (Wildman–Crippen MR) is 109 cm³/mol. The summed E-state index contributed by atoms with van der Waals surface area (Å²) in [5.41, 5.74) is 2.16. The smallest absolute Gasteiger partial charge is 0.257 e. The molecule has 0 radical (unpaired) electrons. The molecule has 0 bridgehead atoms. The van der Waals surface area contributed by atoms with Crippen molar-refractivity contribution in [3.63, 3.8) is 0 Å². The van der Waals surface area contributed by atoms with Gasteiger partial charge in [-0.05, 0) is 50.2 Å². The third-order valence-corrected chi connectivity index (χ3v) is 4.00. The number of amides is 1. The van der Waals surface area contributed by atoms with E-state index in [0.29, 0.717) is 17.0 Å². The molecule has 0 saturated carbocycles. The van der Waals surface area contributed by atoms with Crippen LogP contribution < -0.4 is 15.0 Å². The van der Waals surface area contributed by atoms with Gasteiger partial charge in [0.25, 0.3) is 5.91 Å². The summed E-state index contributed by atoms with van der Waals surface area (Å²) in [5.74, 6) is 1.19. The lowest BCUT2D eigenvalue weighted by Crippen LogP contribution is -2.16. The van der Waals surface area contributed by atoms with Crippen molar-refractivity contribution in [2.24, 2.45) is 0 Å². The molecule has 27 heavy (non-hydrogen) atoms. The Balaban J connectivity index is 1.73. The van der Waals surface area contributed by atoms with E-state index in [-0.39, 0.29) is 12.0 Å². The number of rotatable bonds is 6. The average molecular weight is 361 g/mol. The second-order valence-electron chi connectivity index (χ2n) is 6.42. The van der Waals surface area contributed by atoms with Crippen LogP contribution in [0.2, 0.25) is 0 Å². The number of hydrogen-bond donors (Lipinski definition) is 1.